The third kappa shape index (κ3) is 3.16. The van der Waals surface area contributed by atoms with Gasteiger partial charge in [-0.3, -0.25) is 0 Å². The molecule has 13 heavy (non-hydrogen) atoms. The van der Waals surface area contributed by atoms with Crippen molar-refractivity contribution in [3.05, 3.63) is 20.8 Å². The zero-order chi connectivity index (χ0) is 9.84. The Morgan fingerprint density at radius 1 is 1.38 bits per heavy atom. The second-order valence-electron chi connectivity index (χ2n) is 2.31. The summed E-state index contributed by atoms with van der Waals surface area (Å²) in [5, 5.41) is 7.41. The van der Waals surface area contributed by atoms with Gasteiger partial charge in [0.05, 0.1) is 14.4 Å². The van der Waals surface area contributed by atoms with Gasteiger partial charge in [-0.05, 0) is 35.0 Å². The average Bonchev–Trinajstić information content (AvgIpc) is 2.47. The molecule has 0 radical (unpaired) electrons. The van der Waals surface area contributed by atoms with E-state index >= 15 is 0 Å². The van der Waals surface area contributed by atoms with Gasteiger partial charge in [-0.2, -0.15) is 5.10 Å². The predicted octanol–water partition coefficient (Wildman–Crippen LogP) is 1.51. The summed E-state index contributed by atoms with van der Waals surface area (Å²) >= 11 is 4.94. The molecule has 0 amide bonds. The average molecular weight is 261 g/mol. The van der Waals surface area contributed by atoms with Crippen molar-refractivity contribution in [1.29, 1.82) is 0 Å². The van der Waals surface area contributed by atoms with E-state index in [1.54, 1.807) is 11.3 Å². The van der Waals surface area contributed by atoms with E-state index in [9.17, 15) is 0 Å². The Morgan fingerprint density at radius 3 is 2.54 bits per heavy atom. The maximum absolute atomic E-state index is 5.14. The first-order chi connectivity index (χ1) is 6.09. The van der Waals surface area contributed by atoms with Crippen molar-refractivity contribution in [2.75, 3.05) is 0 Å². The molecular weight excluding hydrogens is 252 g/mol. The Morgan fingerprint density at radius 2 is 2.08 bits per heavy atom. The summed E-state index contributed by atoms with van der Waals surface area (Å²) in [7, 11) is 0. The van der Waals surface area contributed by atoms with E-state index in [2.05, 4.69) is 26.1 Å². The number of guanidine groups is 1. The number of halogens is 1. The molecule has 1 heterocycles. The van der Waals surface area contributed by atoms with Gasteiger partial charge in [0.15, 0.2) is 0 Å². The van der Waals surface area contributed by atoms with Crippen molar-refractivity contribution >= 4 is 38.9 Å². The minimum Gasteiger partial charge on any atom is -0.369 e. The summed E-state index contributed by atoms with van der Waals surface area (Å²) < 4.78 is 1.06. The third-order valence-corrected chi connectivity index (χ3v) is 2.98. The van der Waals surface area contributed by atoms with E-state index in [0.717, 1.165) is 14.4 Å². The lowest BCUT2D eigenvalue weighted by Crippen LogP contribution is -2.22. The molecule has 1 aromatic rings. The molecule has 0 bridgehead atoms. The SMILES string of the molecule is CC(=NN=C(N)N)c1ccc(Br)s1. The molecule has 0 aliphatic carbocycles. The Hall–Kier alpha value is -0.880. The number of thiophene rings is 1. The van der Waals surface area contributed by atoms with Crippen LogP contribution in [0.3, 0.4) is 0 Å². The molecule has 4 N–H and O–H groups in total. The molecule has 4 nitrogen and oxygen atoms in total. The quantitative estimate of drug-likeness (QED) is 0.481. The lowest BCUT2D eigenvalue weighted by atomic mass is 10.3. The zero-order valence-electron chi connectivity index (χ0n) is 6.99. The van der Waals surface area contributed by atoms with Gasteiger partial charge in [0.1, 0.15) is 0 Å². The highest BCUT2D eigenvalue weighted by Crippen LogP contribution is 2.22. The Balaban J connectivity index is 2.85. The van der Waals surface area contributed by atoms with Crippen molar-refractivity contribution in [3.63, 3.8) is 0 Å². The van der Waals surface area contributed by atoms with Crippen LogP contribution in [0.25, 0.3) is 0 Å². The topological polar surface area (TPSA) is 76.8 Å². The first kappa shape index (κ1) is 10.2. The number of rotatable bonds is 2. The lowest BCUT2D eigenvalue weighted by molar-refractivity contribution is 1.20. The van der Waals surface area contributed by atoms with E-state index in [1.807, 2.05) is 19.1 Å². The molecule has 70 valence electrons. The summed E-state index contributed by atoms with van der Waals surface area (Å²) in [4.78, 5) is 1.04. The van der Waals surface area contributed by atoms with Gasteiger partial charge >= 0.3 is 0 Å². The Labute approximate surface area is 88.5 Å². The van der Waals surface area contributed by atoms with E-state index in [4.69, 9.17) is 11.5 Å². The first-order valence-electron chi connectivity index (χ1n) is 3.48. The minimum absolute atomic E-state index is 0.0324. The smallest absolute Gasteiger partial charge is 0.211 e. The molecule has 0 aliphatic rings. The molecule has 6 heteroatoms. The first-order valence-corrected chi connectivity index (χ1v) is 5.09. The van der Waals surface area contributed by atoms with Gasteiger partial charge in [-0.15, -0.1) is 16.4 Å². The van der Waals surface area contributed by atoms with Gasteiger partial charge in [-0.25, -0.2) is 0 Å². The fraction of sp³-hybridized carbons (Fsp3) is 0.143. The van der Waals surface area contributed by atoms with Gasteiger partial charge < -0.3 is 11.5 Å². The van der Waals surface area contributed by atoms with E-state index in [1.165, 1.54) is 0 Å². The molecule has 0 unspecified atom stereocenters. The summed E-state index contributed by atoms with van der Waals surface area (Å²) in [5.74, 6) is -0.0324. The normalized spacial score (nSPS) is 11.4. The summed E-state index contributed by atoms with van der Waals surface area (Å²) in [6.45, 7) is 1.85. The van der Waals surface area contributed by atoms with E-state index in [-0.39, 0.29) is 5.96 Å². The van der Waals surface area contributed by atoms with Crippen molar-refractivity contribution < 1.29 is 0 Å². The number of hydrogen-bond donors (Lipinski definition) is 2. The molecule has 1 rings (SSSR count). The van der Waals surface area contributed by atoms with Crippen LogP contribution in [-0.4, -0.2) is 11.7 Å². The van der Waals surface area contributed by atoms with Crippen LogP contribution in [0.1, 0.15) is 11.8 Å². The number of nitrogens with two attached hydrogens (primary N) is 2. The van der Waals surface area contributed by atoms with Crippen LogP contribution in [0.5, 0.6) is 0 Å². The molecule has 0 spiro atoms. The van der Waals surface area contributed by atoms with Crippen LogP contribution in [-0.2, 0) is 0 Å². The molecule has 1 aromatic heterocycles. The van der Waals surface area contributed by atoms with Gasteiger partial charge in [-0.1, -0.05) is 0 Å². The monoisotopic (exact) mass is 260 g/mol. The molecule has 0 saturated heterocycles. The van der Waals surface area contributed by atoms with E-state index in [0.29, 0.717) is 0 Å². The van der Waals surface area contributed by atoms with E-state index < -0.39 is 0 Å². The van der Waals surface area contributed by atoms with Gasteiger partial charge in [0.25, 0.3) is 0 Å². The maximum Gasteiger partial charge on any atom is 0.211 e. The van der Waals surface area contributed by atoms with Crippen LogP contribution < -0.4 is 11.5 Å². The second-order valence-corrected chi connectivity index (χ2v) is 4.78. The highest BCUT2D eigenvalue weighted by atomic mass is 79.9. The molecule has 0 atom stereocenters. The molecule has 0 aliphatic heterocycles. The summed E-state index contributed by atoms with van der Waals surface area (Å²) in [6, 6.07) is 3.91. The van der Waals surface area contributed by atoms with Gasteiger partial charge in [0.2, 0.25) is 5.96 Å². The van der Waals surface area contributed by atoms with Crippen LogP contribution >= 0.6 is 27.3 Å². The van der Waals surface area contributed by atoms with Crippen LogP contribution in [0.15, 0.2) is 26.1 Å². The number of nitrogens with zero attached hydrogens (tertiary/aromatic N) is 2. The van der Waals surface area contributed by atoms with Crippen LogP contribution in [0, 0.1) is 0 Å². The Kier molecular flexibility index (Phi) is 3.44. The molecular formula is C7H9BrN4S. The predicted molar refractivity (Wildman–Crippen MR) is 60.0 cm³/mol. The molecule has 0 aromatic carbocycles. The zero-order valence-corrected chi connectivity index (χ0v) is 9.39. The van der Waals surface area contributed by atoms with Crippen LogP contribution in [0.2, 0.25) is 0 Å². The highest BCUT2D eigenvalue weighted by molar-refractivity contribution is 9.11. The second kappa shape index (κ2) is 4.38. The third-order valence-electron chi connectivity index (χ3n) is 1.25. The fourth-order valence-electron chi connectivity index (χ4n) is 0.691. The van der Waals surface area contributed by atoms with Crippen molar-refractivity contribution in [1.82, 2.24) is 0 Å². The lowest BCUT2D eigenvalue weighted by Gasteiger charge is -1.91. The minimum atomic E-state index is -0.0324. The summed E-state index contributed by atoms with van der Waals surface area (Å²) in [6.07, 6.45) is 0. The largest absolute Gasteiger partial charge is 0.369 e. The molecule has 0 saturated carbocycles. The summed E-state index contributed by atoms with van der Waals surface area (Å²) in [5.41, 5.74) is 11.1. The van der Waals surface area contributed by atoms with Crippen molar-refractivity contribution in [3.8, 4) is 0 Å². The Bertz CT molecular complexity index is 351. The van der Waals surface area contributed by atoms with Crippen molar-refractivity contribution in [2.45, 2.75) is 6.92 Å². The maximum atomic E-state index is 5.14. The number of hydrogen-bond acceptors (Lipinski definition) is 3. The molecule has 0 fully saturated rings. The standard InChI is InChI=1S/C7H9BrN4S/c1-4(11-12-7(9)10)5-2-3-6(8)13-5/h2-3H,1H3,(H4,9,10,12). The van der Waals surface area contributed by atoms with Crippen LogP contribution in [0.4, 0.5) is 0 Å². The van der Waals surface area contributed by atoms with Crippen molar-refractivity contribution in [2.24, 2.45) is 21.7 Å². The fourth-order valence-corrected chi connectivity index (χ4v) is 2.02. The van der Waals surface area contributed by atoms with Gasteiger partial charge in [0, 0.05) is 0 Å². The highest BCUT2D eigenvalue weighted by Gasteiger charge is 2.00.